The van der Waals surface area contributed by atoms with Crippen LogP contribution in [0.4, 0.5) is 0 Å². The molecule has 2 rings (SSSR count). The summed E-state index contributed by atoms with van der Waals surface area (Å²) in [5.41, 5.74) is 2.32. The highest BCUT2D eigenvalue weighted by molar-refractivity contribution is 5.40. The van der Waals surface area contributed by atoms with Crippen LogP contribution in [0.1, 0.15) is 30.3 Å². The van der Waals surface area contributed by atoms with E-state index in [1.807, 2.05) is 11.6 Å². The van der Waals surface area contributed by atoms with E-state index in [0.717, 1.165) is 36.6 Å². The van der Waals surface area contributed by atoms with Crippen LogP contribution in [0.25, 0.3) is 0 Å². The number of hydrogen-bond acceptors (Lipinski definition) is 4. The lowest BCUT2D eigenvalue weighted by Gasteiger charge is -2.14. The van der Waals surface area contributed by atoms with E-state index in [-0.39, 0.29) is 0 Å². The highest BCUT2D eigenvalue weighted by Gasteiger charge is 2.09. The Morgan fingerprint density at radius 3 is 2.90 bits per heavy atom. The summed E-state index contributed by atoms with van der Waals surface area (Å²) < 4.78 is 7.83. The lowest BCUT2D eigenvalue weighted by Crippen LogP contribution is -2.15. The van der Waals surface area contributed by atoms with Gasteiger partial charge in [0.1, 0.15) is 18.7 Å². The van der Waals surface area contributed by atoms with Gasteiger partial charge in [0.25, 0.3) is 0 Å². The molecule has 1 aromatic heterocycles. The smallest absolute Gasteiger partial charge is 0.170 e. The van der Waals surface area contributed by atoms with Gasteiger partial charge in [-0.2, -0.15) is 0 Å². The summed E-state index contributed by atoms with van der Waals surface area (Å²) in [7, 11) is 1.92. The molecular weight excluding hydrogens is 252 g/mol. The molecule has 0 unspecified atom stereocenters. The van der Waals surface area contributed by atoms with Crippen molar-refractivity contribution >= 4 is 0 Å². The number of hydrogen-bond donors (Lipinski definition) is 1. The first-order valence-corrected chi connectivity index (χ1v) is 6.97. The molecular formula is C15H22N4O. The number of aromatic nitrogens is 3. The molecule has 108 valence electrons. The topological polar surface area (TPSA) is 52.0 Å². The van der Waals surface area contributed by atoms with Crippen LogP contribution in [0.3, 0.4) is 0 Å². The summed E-state index contributed by atoms with van der Waals surface area (Å²) in [5, 5.41) is 11.3. The monoisotopic (exact) mass is 274 g/mol. The van der Waals surface area contributed by atoms with Crippen molar-refractivity contribution in [2.45, 2.75) is 33.4 Å². The standard InChI is InChI=1S/C15H22N4O/c1-4-8-16-9-13-7-5-6-12(2)15(13)20-10-14-18-17-11-19(14)3/h5-7,11,16H,4,8-10H2,1-3H3. The zero-order chi connectivity index (χ0) is 14.4. The normalized spacial score (nSPS) is 10.8. The highest BCUT2D eigenvalue weighted by Crippen LogP contribution is 2.24. The average molecular weight is 274 g/mol. The van der Waals surface area contributed by atoms with Gasteiger partial charge < -0.3 is 14.6 Å². The van der Waals surface area contributed by atoms with Crippen molar-refractivity contribution in [3.63, 3.8) is 0 Å². The van der Waals surface area contributed by atoms with Crippen molar-refractivity contribution < 1.29 is 4.74 Å². The molecule has 5 nitrogen and oxygen atoms in total. The van der Waals surface area contributed by atoms with Crippen LogP contribution in [0.5, 0.6) is 5.75 Å². The Morgan fingerprint density at radius 2 is 2.20 bits per heavy atom. The van der Waals surface area contributed by atoms with Gasteiger partial charge in [-0.15, -0.1) is 10.2 Å². The van der Waals surface area contributed by atoms with E-state index in [9.17, 15) is 0 Å². The van der Waals surface area contributed by atoms with E-state index in [1.54, 1.807) is 6.33 Å². The van der Waals surface area contributed by atoms with Crippen molar-refractivity contribution in [1.82, 2.24) is 20.1 Å². The molecule has 0 atom stereocenters. The van der Waals surface area contributed by atoms with Gasteiger partial charge in [-0.1, -0.05) is 25.1 Å². The third kappa shape index (κ3) is 3.57. The maximum absolute atomic E-state index is 5.96. The molecule has 1 heterocycles. The van der Waals surface area contributed by atoms with Gasteiger partial charge in [0.05, 0.1) is 0 Å². The fourth-order valence-corrected chi connectivity index (χ4v) is 2.03. The summed E-state index contributed by atoms with van der Waals surface area (Å²) in [5.74, 6) is 1.76. The first kappa shape index (κ1) is 14.5. The Kier molecular flexibility index (Phi) is 5.12. The van der Waals surface area contributed by atoms with Crippen molar-refractivity contribution in [1.29, 1.82) is 0 Å². The van der Waals surface area contributed by atoms with Crippen molar-refractivity contribution in [2.75, 3.05) is 6.54 Å². The van der Waals surface area contributed by atoms with Crippen LogP contribution in [0.15, 0.2) is 24.5 Å². The van der Waals surface area contributed by atoms with E-state index in [0.29, 0.717) is 6.61 Å². The molecule has 0 saturated heterocycles. The Balaban J connectivity index is 2.07. The number of nitrogens with one attached hydrogen (secondary N) is 1. The fourth-order valence-electron chi connectivity index (χ4n) is 2.03. The largest absolute Gasteiger partial charge is 0.485 e. The molecule has 5 heteroatoms. The Morgan fingerprint density at radius 1 is 1.35 bits per heavy atom. The van der Waals surface area contributed by atoms with Gasteiger partial charge in [0.2, 0.25) is 0 Å². The van der Waals surface area contributed by atoms with Gasteiger partial charge in [0.15, 0.2) is 5.82 Å². The average Bonchev–Trinajstić information content (AvgIpc) is 2.84. The van der Waals surface area contributed by atoms with Crippen LogP contribution in [0, 0.1) is 6.92 Å². The second-order valence-electron chi connectivity index (χ2n) is 4.89. The van der Waals surface area contributed by atoms with E-state index in [4.69, 9.17) is 4.74 Å². The SMILES string of the molecule is CCCNCc1cccc(C)c1OCc1nncn1C. The van der Waals surface area contributed by atoms with E-state index < -0.39 is 0 Å². The van der Waals surface area contributed by atoms with Crippen LogP contribution >= 0.6 is 0 Å². The molecule has 0 aliphatic rings. The minimum absolute atomic E-state index is 0.433. The van der Waals surface area contributed by atoms with Crippen molar-refractivity contribution in [3.8, 4) is 5.75 Å². The molecule has 1 aromatic carbocycles. The van der Waals surface area contributed by atoms with Crippen LogP contribution in [0.2, 0.25) is 0 Å². The first-order valence-electron chi connectivity index (χ1n) is 6.97. The molecule has 0 aliphatic carbocycles. The number of nitrogens with zero attached hydrogens (tertiary/aromatic N) is 3. The number of para-hydroxylation sites is 1. The predicted octanol–water partition coefficient (Wildman–Crippen LogP) is 2.20. The number of rotatable bonds is 7. The fraction of sp³-hybridized carbons (Fsp3) is 0.467. The molecule has 0 saturated carbocycles. The quantitative estimate of drug-likeness (QED) is 0.786. The molecule has 0 spiro atoms. The molecule has 1 N–H and O–H groups in total. The molecule has 0 bridgehead atoms. The van der Waals surface area contributed by atoms with E-state index in [1.165, 1.54) is 5.56 Å². The minimum atomic E-state index is 0.433. The van der Waals surface area contributed by atoms with Crippen molar-refractivity contribution in [2.24, 2.45) is 7.05 Å². The number of benzene rings is 1. The number of ether oxygens (including phenoxy) is 1. The Hall–Kier alpha value is -1.88. The predicted molar refractivity (Wildman–Crippen MR) is 78.5 cm³/mol. The van der Waals surface area contributed by atoms with Crippen LogP contribution in [-0.4, -0.2) is 21.3 Å². The van der Waals surface area contributed by atoms with E-state index >= 15 is 0 Å². The van der Waals surface area contributed by atoms with Crippen LogP contribution in [-0.2, 0) is 20.2 Å². The molecule has 0 radical (unpaired) electrons. The molecule has 2 aromatic rings. The van der Waals surface area contributed by atoms with Crippen molar-refractivity contribution in [3.05, 3.63) is 41.5 Å². The maximum atomic E-state index is 5.96. The molecule has 0 amide bonds. The zero-order valence-electron chi connectivity index (χ0n) is 12.4. The lowest BCUT2D eigenvalue weighted by atomic mass is 10.1. The van der Waals surface area contributed by atoms with Crippen LogP contribution < -0.4 is 10.1 Å². The third-order valence-electron chi connectivity index (χ3n) is 3.19. The number of aryl methyl sites for hydroxylation is 2. The Bertz CT molecular complexity index is 551. The van der Waals surface area contributed by atoms with Gasteiger partial charge in [-0.05, 0) is 25.5 Å². The molecule has 0 aliphatic heterocycles. The summed E-state index contributed by atoms with van der Waals surface area (Å²) >= 11 is 0. The second-order valence-corrected chi connectivity index (χ2v) is 4.89. The first-order chi connectivity index (χ1) is 9.72. The zero-order valence-corrected chi connectivity index (χ0v) is 12.4. The van der Waals surface area contributed by atoms with E-state index in [2.05, 4.69) is 47.6 Å². The lowest BCUT2D eigenvalue weighted by molar-refractivity contribution is 0.285. The molecule has 20 heavy (non-hydrogen) atoms. The van der Waals surface area contributed by atoms with Gasteiger partial charge in [-0.25, -0.2) is 0 Å². The molecule has 0 fully saturated rings. The summed E-state index contributed by atoms with van der Waals surface area (Å²) in [6.07, 6.45) is 2.81. The Labute approximate surface area is 120 Å². The summed E-state index contributed by atoms with van der Waals surface area (Å²) in [6, 6.07) is 6.23. The van der Waals surface area contributed by atoms with Gasteiger partial charge in [-0.3, -0.25) is 0 Å². The second kappa shape index (κ2) is 7.05. The minimum Gasteiger partial charge on any atom is -0.485 e. The summed E-state index contributed by atoms with van der Waals surface area (Å²) in [4.78, 5) is 0. The maximum Gasteiger partial charge on any atom is 0.170 e. The van der Waals surface area contributed by atoms with Gasteiger partial charge in [0, 0.05) is 19.2 Å². The van der Waals surface area contributed by atoms with Gasteiger partial charge >= 0.3 is 0 Å². The third-order valence-corrected chi connectivity index (χ3v) is 3.19. The summed E-state index contributed by atoms with van der Waals surface area (Å²) in [6.45, 7) is 6.49. The highest BCUT2D eigenvalue weighted by atomic mass is 16.5.